The van der Waals surface area contributed by atoms with E-state index < -0.39 is 0 Å². The Hall–Kier alpha value is -1.55. The number of halogens is 1. The molecule has 0 unspecified atom stereocenters. The van der Waals surface area contributed by atoms with Gasteiger partial charge in [0, 0.05) is 29.2 Å². The molecule has 0 saturated heterocycles. The third-order valence-corrected chi connectivity index (χ3v) is 7.41. The molecule has 1 N–H and O–H groups in total. The third kappa shape index (κ3) is 12.8. The van der Waals surface area contributed by atoms with E-state index in [4.69, 9.17) is 4.74 Å². The number of ether oxygens (including phenoxy) is 1. The molecule has 0 aliphatic rings. The predicted octanol–water partition coefficient (Wildman–Crippen LogP) is 9.50. The first kappa shape index (κ1) is 29.7. The molecule has 0 spiro atoms. The van der Waals surface area contributed by atoms with Crippen LogP contribution in [0.1, 0.15) is 126 Å². The van der Waals surface area contributed by atoms with Crippen molar-refractivity contribution in [2.75, 3.05) is 6.61 Å². The number of pyridine rings is 1. The Balaban J connectivity index is 1.51. The molecule has 0 amide bonds. The van der Waals surface area contributed by atoms with Gasteiger partial charge in [-0.25, -0.2) is 0 Å². The molecule has 1 aromatic carbocycles. The highest BCUT2D eigenvalue weighted by molar-refractivity contribution is 9.08. The van der Waals surface area contributed by atoms with Crippen LogP contribution in [0.4, 0.5) is 0 Å². The third-order valence-electron chi connectivity index (χ3n) is 6.85. The fourth-order valence-corrected chi connectivity index (χ4v) is 5.14. The van der Waals surface area contributed by atoms with Gasteiger partial charge in [-0.15, -0.1) is 0 Å². The second kappa shape index (κ2) is 19.6. The van der Waals surface area contributed by atoms with Crippen LogP contribution >= 0.6 is 15.9 Å². The molecule has 0 radical (unpaired) electrons. The number of rotatable bonds is 21. The number of hydrogen-bond acceptors (Lipinski definition) is 2. The first-order valence-electron chi connectivity index (χ1n) is 14.2. The Kier molecular flexibility index (Phi) is 16.6. The van der Waals surface area contributed by atoms with Gasteiger partial charge in [0.05, 0.1) is 6.61 Å². The van der Waals surface area contributed by atoms with E-state index in [1.165, 1.54) is 96.3 Å². The summed E-state index contributed by atoms with van der Waals surface area (Å²) in [5, 5.41) is 0.629. The van der Waals surface area contributed by atoms with Crippen LogP contribution in [0.15, 0.2) is 41.3 Å². The molecular weight excluding hydrogens is 498 g/mol. The molecule has 1 aromatic heterocycles. The fourth-order valence-electron chi connectivity index (χ4n) is 4.64. The minimum Gasteiger partial charge on any atom is -0.488 e. The van der Waals surface area contributed by atoms with E-state index >= 15 is 0 Å². The lowest BCUT2D eigenvalue weighted by atomic mass is 10.0. The summed E-state index contributed by atoms with van der Waals surface area (Å²) in [6.07, 6.45) is 24.0. The van der Waals surface area contributed by atoms with Crippen LogP contribution in [-0.4, -0.2) is 11.6 Å². The standard InChI is InChI=1S/C31H48BrNO2/c1-2-3-4-5-6-7-8-9-10-11-12-13-14-15-16-20-23-35-30-26-33-29(25-32)28(31(30)34)24-27-21-18-17-19-22-27/h17-19,21-22,26H,2-16,20,23-25H2,1H3,(H,33,34). The number of benzene rings is 1. The SMILES string of the molecule is CCCCCCCCCCCCCCCCCCOc1c[nH]c(CBr)c(Cc2ccccc2)c1=O. The molecular formula is C31H48BrNO2. The number of aromatic amines is 1. The first-order chi connectivity index (χ1) is 17.3. The Labute approximate surface area is 222 Å². The molecule has 0 fully saturated rings. The van der Waals surface area contributed by atoms with Crippen LogP contribution in [0.2, 0.25) is 0 Å². The van der Waals surface area contributed by atoms with Gasteiger partial charge in [0.1, 0.15) is 0 Å². The number of aromatic nitrogens is 1. The molecule has 0 aliphatic carbocycles. The van der Waals surface area contributed by atoms with Crippen molar-refractivity contribution < 1.29 is 4.74 Å². The van der Waals surface area contributed by atoms with E-state index in [1.54, 1.807) is 6.20 Å². The largest absolute Gasteiger partial charge is 0.488 e. The summed E-state index contributed by atoms with van der Waals surface area (Å²) in [6.45, 7) is 2.90. The van der Waals surface area contributed by atoms with E-state index in [9.17, 15) is 4.79 Å². The Bertz CT molecular complexity index is 834. The second-order valence-electron chi connectivity index (χ2n) is 9.89. The lowest BCUT2D eigenvalue weighted by Gasteiger charge is -2.11. The first-order valence-corrected chi connectivity index (χ1v) is 15.3. The van der Waals surface area contributed by atoms with E-state index in [1.807, 2.05) is 18.2 Å². The summed E-state index contributed by atoms with van der Waals surface area (Å²) in [7, 11) is 0. The van der Waals surface area contributed by atoms with E-state index in [2.05, 4.69) is 40.0 Å². The van der Waals surface area contributed by atoms with Crippen molar-refractivity contribution in [3.8, 4) is 5.75 Å². The van der Waals surface area contributed by atoms with Gasteiger partial charge in [-0.05, 0) is 12.0 Å². The molecule has 35 heavy (non-hydrogen) atoms. The minimum absolute atomic E-state index is 0.0125. The van der Waals surface area contributed by atoms with Crippen LogP contribution in [0.5, 0.6) is 5.75 Å². The number of nitrogens with one attached hydrogen (secondary N) is 1. The molecule has 196 valence electrons. The van der Waals surface area contributed by atoms with Crippen molar-refractivity contribution in [3.05, 3.63) is 63.6 Å². The van der Waals surface area contributed by atoms with E-state index in [0.717, 1.165) is 23.2 Å². The van der Waals surface area contributed by atoms with Gasteiger partial charge in [0.2, 0.25) is 5.43 Å². The van der Waals surface area contributed by atoms with E-state index in [0.29, 0.717) is 24.1 Å². The maximum absolute atomic E-state index is 13.0. The van der Waals surface area contributed by atoms with E-state index in [-0.39, 0.29) is 5.43 Å². The topological polar surface area (TPSA) is 42.1 Å². The quantitative estimate of drug-likeness (QED) is 0.125. The summed E-state index contributed by atoms with van der Waals surface area (Å²) in [6, 6.07) is 10.1. The number of H-pyrrole nitrogens is 1. The maximum Gasteiger partial charge on any atom is 0.227 e. The zero-order chi connectivity index (χ0) is 25.0. The minimum atomic E-state index is 0.0125. The summed E-state index contributed by atoms with van der Waals surface area (Å²) in [5.41, 5.74) is 2.86. The highest BCUT2D eigenvalue weighted by Crippen LogP contribution is 2.17. The van der Waals surface area contributed by atoms with Crippen LogP contribution in [0.3, 0.4) is 0 Å². The van der Waals surface area contributed by atoms with Gasteiger partial charge >= 0.3 is 0 Å². The van der Waals surface area contributed by atoms with Crippen molar-refractivity contribution in [1.29, 1.82) is 0 Å². The van der Waals surface area contributed by atoms with Gasteiger partial charge in [0.25, 0.3) is 0 Å². The molecule has 0 bridgehead atoms. The van der Waals surface area contributed by atoms with Crippen molar-refractivity contribution in [3.63, 3.8) is 0 Å². The zero-order valence-electron chi connectivity index (χ0n) is 22.1. The smallest absolute Gasteiger partial charge is 0.227 e. The lowest BCUT2D eigenvalue weighted by molar-refractivity contribution is 0.300. The fraction of sp³-hybridized carbons (Fsp3) is 0.645. The Morgan fingerprint density at radius 3 is 1.77 bits per heavy atom. The molecule has 1 heterocycles. The summed E-state index contributed by atoms with van der Waals surface area (Å²) in [5.74, 6) is 0.446. The summed E-state index contributed by atoms with van der Waals surface area (Å²) < 4.78 is 5.87. The summed E-state index contributed by atoms with van der Waals surface area (Å²) >= 11 is 3.50. The van der Waals surface area contributed by atoms with Gasteiger partial charge in [0.15, 0.2) is 5.75 Å². The molecule has 0 saturated carbocycles. The van der Waals surface area contributed by atoms with Gasteiger partial charge in [-0.2, -0.15) is 0 Å². The van der Waals surface area contributed by atoms with Crippen LogP contribution in [-0.2, 0) is 11.8 Å². The number of unbranched alkanes of at least 4 members (excludes halogenated alkanes) is 15. The lowest BCUT2D eigenvalue weighted by Crippen LogP contribution is -2.17. The zero-order valence-corrected chi connectivity index (χ0v) is 23.7. The molecule has 4 heteroatoms. The van der Waals surface area contributed by atoms with Crippen molar-refractivity contribution >= 4 is 15.9 Å². The van der Waals surface area contributed by atoms with Gasteiger partial charge < -0.3 is 9.72 Å². The number of alkyl halides is 1. The van der Waals surface area contributed by atoms with Crippen molar-refractivity contribution in [1.82, 2.24) is 4.98 Å². The van der Waals surface area contributed by atoms with Crippen molar-refractivity contribution in [2.45, 2.75) is 121 Å². The highest BCUT2D eigenvalue weighted by atomic mass is 79.9. The van der Waals surface area contributed by atoms with Crippen LogP contribution < -0.4 is 10.2 Å². The summed E-state index contributed by atoms with van der Waals surface area (Å²) in [4.78, 5) is 16.2. The average molecular weight is 547 g/mol. The second-order valence-corrected chi connectivity index (χ2v) is 10.4. The van der Waals surface area contributed by atoms with Gasteiger partial charge in [-0.1, -0.05) is 149 Å². The van der Waals surface area contributed by atoms with Crippen LogP contribution in [0, 0.1) is 0 Å². The molecule has 0 atom stereocenters. The Morgan fingerprint density at radius 2 is 1.26 bits per heavy atom. The highest BCUT2D eigenvalue weighted by Gasteiger charge is 2.13. The van der Waals surface area contributed by atoms with Gasteiger partial charge in [-0.3, -0.25) is 4.79 Å². The monoisotopic (exact) mass is 545 g/mol. The van der Waals surface area contributed by atoms with Crippen molar-refractivity contribution in [2.24, 2.45) is 0 Å². The average Bonchev–Trinajstić information content (AvgIpc) is 2.88. The normalized spacial score (nSPS) is 11.1. The molecule has 0 aliphatic heterocycles. The number of hydrogen-bond donors (Lipinski definition) is 1. The maximum atomic E-state index is 13.0. The molecule has 2 aromatic rings. The predicted molar refractivity (Wildman–Crippen MR) is 154 cm³/mol. The van der Waals surface area contributed by atoms with Crippen LogP contribution in [0.25, 0.3) is 0 Å². The molecule has 3 nitrogen and oxygen atoms in total. The Morgan fingerprint density at radius 1 is 0.743 bits per heavy atom. The molecule has 2 rings (SSSR count).